The summed E-state index contributed by atoms with van der Waals surface area (Å²) in [4.78, 5) is 26.2. The molecule has 0 heterocycles. The summed E-state index contributed by atoms with van der Waals surface area (Å²) in [6.45, 7) is 1.24. The summed E-state index contributed by atoms with van der Waals surface area (Å²) in [7, 11) is 1.18. The first-order chi connectivity index (χ1) is 8.06. The second-order valence-electron chi connectivity index (χ2n) is 3.34. The summed E-state index contributed by atoms with van der Waals surface area (Å²) in [6, 6.07) is 5.82. The van der Waals surface area contributed by atoms with Gasteiger partial charge in [0.25, 0.3) is 0 Å². The normalized spacial score (nSPS) is 12.4. The maximum atomic E-state index is 13.2. The molecule has 0 aliphatic heterocycles. The average Bonchev–Trinajstić information content (AvgIpc) is 2.30. The zero-order valence-corrected chi connectivity index (χ0v) is 9.51. The molecule has 90 valence electrons. The topological polar surface area (TPSA) is 55.7 Å². The van der Waals surface area contributed by atoms with E-state index in [4.69, 9.17) is 0 Å². The van der Waals surface area contributed by atoms with Crippen LogP contribution in [0.5, 0.6) is 0 Å². The zero-order chi connectivity index (χ0) is 12.8. The van der Waals surface area contributed by atoms with Crippen LogP contribution in [0.1, 0.15) is 6.92 Å². The minimum absolute atomic E-state index is 0.0719. The van der Waals surface area contributed by atoms with E-state index in [0.717, 1.165) is 6.21 Å². The second kappa shape index (κ2) is 5.89. The lowest BCUT2D eigenvalue weighted by molar-refractivity contribution is -0.145. The van der Waals surface area contributed by atoms with Crippen molar-refractivity contribution in [1.29, 1.82) is 0 Å². The lowest BCUT2D eigenvalue weighted by Gasteiger charge is -2.05. The summed E-state index contributed by atoms with van der Waals surface area (Å²) in [5.41, 5.74) is 0.0719. The van der Waals surface area contributed by atoms with Gasteiger partial charge in [0.15, 0.2) is 5.92 Å². The number of hydrogen-bond donors (Lipinski definition) is 0. The maximum absolute atomic E-state index is 13.2. The van der Waals surface area contributed by atoms with E-state index in [2.05, 4.69) is 9.73 Å². The molecule has 0 aliphatic carbocycles. The first-order valence-corrected chi connectivity index (χ1v) is 4.93. The Labute approximate surface area is 98.1 Å². The fourth-order valence-corrected chi connectivity index (χ4v) is 1.17. The molecule has 4 nitrogen and oxygen atoms in total. The highest BCUT2D eigenvalue weighted by Crippen LogP contribution is 2.16. The van der Waals surface area contributed by atoms with Crippen LogP contribution >= 0.6 is 0 Å². The summed E-state index contributed by atoms with van der Waals surface area (Å²) < 4.78 is 17.7. The molecule has 0 N–H and O–H groups in total. The minimum atomic E-state index is -1.10. The number of esters is 1. The van der Waals surface area contributed by atoms with Crippen molar-refractivity contribution >= 4 is 23.7 Å². The molecule has 5 heteroatoms. The van der Waals surface area contributed by atoms with Gasteiger partial charge in [-0.1, -0.05) is 12.1 Å². The lowest BCUT2D eigenvalue weighted by atomic mass is 10.1. The van der Waals surface area contributed by atoms with Gasteiger partial charge in [0.1, 0.15) is 11.6 Å². The highest BCUT2D eigenvalue weighted by molar-refractivity contribution is 6.11. The van der Waals surface area contributed by atoms with E-state index in [1.807, 2.05) is 0 Å². The molecule has 0 saturated heterocycles. The van der Waals surface area contributed by atoms with Crippen molar-refractivity contribution in [2.24, 2.45) is 10.9 Å². The van der Waals surface area contributed by atoms with Crippen molar-refractivity contribution in [3.05, 3.63) is 30.1 Å². The molecular formula is C12H12FNO3. The van der Waals surface area contributed by atoms with Crippen LogP contribution in [0, 0.1) is 11.7 Å². The average molecular weight is 237 g/mol. The maximum Gasteiger partial charge on any atom is 0.321 e. The van der Waals surface area contributed by atoms with Gasteiger partial charge in [-0.2, -0.15) is 0 Å². The Hall–Kier alpha value is -2.04. The third kappa shape index (κ3) is 3.48. The van der Waals surface area contributed by atoms with Gasteiger partial charge >= 0.3 is 5.97 Å². The molecule has 0 radical (unpaired) electrons. The van der Waals surface area contributed by atoms with E-state index in [0.29, 0.717) is 0 Å². The molecule has 0 fully saturated rings. The Bertz CT molecular complexity index is 457. The molecule has 17 heavy (non-hydrogen) atoms. The smallest absolute Gasteiger partial charge is 0.321 e. The summed E-state index contributed by atoms with van der Waals surface area (Å²) in [6.07, 6.45) is 1.09. The van der Waals surface area contributed by atoms with Crippen LogP contribution in [0.15, 0.2) is 29.3 Å². The van der Waals surface area contributed by atoms with E-state index < -0.39 is 23.5 Å². The van der Waals surface area contributed by atoms with E-state index in [-0.39, 0.29) is 5.69 Å². The predicted molar refractivity (Wildman–Crippen MR) is 60.7 cm³/mol. The summed E-state index contributed by atoms with van der Waals surface area (Å²) in [5, 5.41) is 0. The second-order valence-corrected chi connectivity index (χ2v) is 3.34. The Kier molecular flexibility index (Phi) is 4.51. The number of hydrogen-bond acceptors (Lipinski definition) is 4. The Morgan fingerprint density at radius 3 is 2.59 bits per heavy atom. The SMILES string of the molecule is COC(=O)C(C=Nc1ccccc1F)C(C)=O. The highest BCUT2D eigenvalue weighted by atomic mass is 19.1. The van der Waals surface area contributed by atoms with Gasteiger partial charge in [0.05, 0.1) is 12.8 Å². The number of aliphatic imine (C=N–C) groups is 1. The number of carbonyl (C=O) groups is 2. The number of Topliss-reactive ketones (excluding diaryl/α,β-unsaturated/α-hetero) is 1. The zero-order valence-electron chi connectivity index (χ0n) is 9.51. The molecule has 1 unspecified atom stereocenters. The molecule has 0 amide bonds. The van der Waals surface area contributed by atoms with Crippen molar-refractivity contribution in [1.82, 2.24) is 0 Å². The van der Waals surface area contributed by atoms with Crippen LogP contribution in [0.25, 0.3) is 0 Å². The largest absolute Gasteiger partial charge is 0.468 e. The molecule has 0 aliphatic rings. The fourth-order valence-electron chi connectivity index (χ4n) is 1.17. The minimum Gasteiger partial charge on any atom is -0.468 e. The highest BCUT2D eigenvalue weighted by Gasteiger charge is 2.21. The third-order valence-electron chi connectivity index (χ3n) is 2.11. The van der Waals surface area contributed by atoms with Crippen molar-refractivity contribution in [2.75, 3.05) is 7.11 Å². The van der Waals surface area contributed by atoms with Gasteiger partial charge in [-0.05, 0) is 19.1 Å². The number of benzene rings is 1. The standard InChI is InChI=1S/C12H12FNO3/c1-8(15)9(12(16)17-2)7-14-11-6-4-3-5-10(11)13/h3-7,9H,1-2H3. The lowest BCUT2D eigenvalue weighted by Crippen LogP contribution is -2.24. The number of nitrogens with zero attached hydrogens (tertiary/aromatic N) is 1. The van der Waals surface area contributed by atoms with Crippen LogP contribution in [0.3, 0.4) is 0 Å². The third-order valence-corrected chi connectivity index (χ3v) is 2.11. The van der Waals surface area contributed by atoms with Crippen LogP contribution in [-0.2, 0) is 14.3 Å². The monoisotopic (exact) mass is 237 g/mol. The number of methoxy groups -OCH3 is 1. The molecule has 0 spiro atoms. The molecule has 1 aromatic carbocycles. The first kappa shape index (κ1) is 13.0. The fraction of sp³-hybridized carbons (Fsp3) is 0.250. The number of halogens is 1. The van der Waals surface area contributed by atoms with Gasteiger partial charge in [0.2, 0.25) is 0 Å². The molecule has 1 aromatic rings. The molecule has 0 saturated carbocycles. The number of ether oxygens (including phenoxy) is 1. The number of rotatable bonds is 4. The van der Waals surface area contributed by atoms with Gasteiger partial charge in [-0.25, -0.2) is 4.39 Å². The van der Waals surface area contributed by atoms with Gasteiger partial charge in [-0.15, -0.1) is 0 Å². The molecule has 1 rings (SSSR count). The van der Waals surface area contributed by atoms with Gasteiger partial charge < -0.3 is 4.74 Å². The number of ketones is 1. The predicted octanol–water partition coefficient (Wildman–Crippen LogP) is 1.91. The number of carbonyl (C=O) groups excluding carboxylic acids is 2. The quantitative estimate of drug-likeness (QED) is 0.456. The van der Waals surface area contributed by atoms with E-state index in [1.54, 1.807) is 6.07 Å². The Balaban J connectivity index is 2.91. The number of para-hydroxylation sites is 1. The van der Waals surface area contributed by atoms with Crippen molar-refractivity contribution < 1.29 is 18.7 Å². The Morgan fingerprint density at radius 2 is 2.06 bits per heavy atom. The molecule has 1 atom stereocenters. The van der Waals surface area contributed by atoms with Gasteiger partial charge in [0, 0.05) is 6.21 Å². The van der Waals surface area contributed by atoms with Crippen molar-refractivity contribution in [3.63, 3.8) is 0 Å². The van der Waals surface area contributed by atoms with Gasteiger partial charge in [-0.3, -0.25) is 14.6 Å². The van der Waals surface area contributed by atoms with E-state index >= 15 is 0 Å². The molecular weight excluding hydrogens is 225 g/mol. The first-order valence-electron chi connectivity index (χ1n) is 4.93. The van der Waals surface area contributed by atoms with Crippen LogP contribution in [0.2, 0.25) is 0 Å². The van der Waals surface area contributed by atoms with Crippen molar-refractivity contribution in [2.45, 2.75) is 6.92 Å². The molecule has 0 aromatic heterocycles. The van der Waals surface area contributed by atoms with E-state index in [9.17, 15) is 14.0 Å². The Morgan fingerprint density at radius 1 is 1.41 bits per heavy atom. The summed E-state index contributed by atoms with van der Waals surface area (Å²) >= 11 is 0. The van der Waals surface area contributed by atoms with Crippen molar-refractivity contribution in [3.8, 4) is 0 Å². The summed E-state index contributed by atoms with van der Waals surface area (Å²) in [5.74, 6) is -2.73. The van der Waals surface area contributed by atoms with Crippen LogP contribution < -0.4 is 0 Å². The molecule has 0 bridgehead atoms. The van der Waals surface area contributed by atoms with Crippen LogP contribution in [-0.4, -0.2) is 25.1 Å². The van der Waals surface area contributed by atoms with Crippen LogP contribution in [0.4, 0.5) is 10.1 Å². The van der Waals surface area contributed by atoms with E-state index in [1.165, 1.54) is 32.2 Å².